The third kappa shape index (κ3) is 3.84. The highest BCUT2D eigenvalue weighted by Gasteiger charge is 2.44. The van der Waals surface area contributed by atoms with Gasteiger partial charge < -0.3 is 4.74 Å². The largest absolute Gasteiger partial charge is 0.368 e. The lowest BCUT2D eigenvalue weighted by atomic mass is 9.68. The lowest BCUT2D eigenvalue weighted by Gasteiger charge is -2.42. The van der Waals surface area contributed by atoms with Gasteiger partial charge in [-0.25, -0.2) is 0 Å². The van der Waals surface area contributed by atoms with Crippen LogP contribution in [0.1, 0.15) is 85.0 Å². The lowest BCUT2D eigenvalue weighted by molar-refractivity contribution is -0.153. The van der Waals surface area contributed by atoms with E-state index in [9.17, 15) is 4.79 Å². The third-order valence-electron chi connectivity index (χ3n) is 5.54. The molecular weight excluding hydrogens is 248 g/mol. The summed E-state index contributed by atoms with van der Waals surface area (Å²) in [5.41, 5.74) is -0.0621. The molecule has 2 nitrogen and oxygen atoms in total. The number of hydrogen-bond donors (Lipinski definition) is 0. The van der Waals surface area contributed by atoms with Gasteiger partial charge in [0.05, 0.1) is 0 Å². The van der Waals surface area contributed by atoms with Gasteiger partial charge in [0.15, 0.2) is 5.78 Å². The van der Waals surface area contributed by atoms with E-state index in [-0.39, 0.29) is 0 Å². The van der Waals surface area contributed by atoms with Crippen LogP contribution in [0.2, 0.25) is 0 Å². The minimum Gasteiger partial charge on any atom is -0.368 e. The van der Waals surface area contributed by atoms with Crippen LogP contribution in [0, 0.1) is 11.3 Å². The van der Waals surface area contributed by atoms with Crippen molar-refractivity contribution in [1.29, 1.82) is 0 Å². The molecule has 0 atom stereocenters. The van der Waals surface area contributed by atoms with E-state index in [1.54, 1.807) is 0 Å². The number of carbonyl (C=O) groups excluding carboxylic acids is 1. The lowest BCUT2D eigenvalue weighted by Crippen LogP contribution is -2.47. The van der Waals surface area contributed by atoms with Crippen LogP contribution < -0.4 is 0 Å². The van der Waals surface area contributed by atoms with Crippen molar-refractivity contribution < 1.29 is 9.53 Å². The van der Waals surface area contributed by atoms with Gasteiger partial charge in [-0.05, 0) is 43.9 Å². The Kier molecular flexibility index (Phi) is 5.28. The Hall–Kier alpha value is -0.370. The van der Waals surface area contributed by atoms with Gasteiger partial charge in [0.1, 0.15) is 5.60 Å². The molecule has 0 aliphatic heterocycles. The monoisotopic (exact) mass is 280 g/mol. The van der Waals surface area contributed by atoms with Crippen molar-refractivity contribution in [1.82, 2.24) is 0 Å². The molecule has 20 heavy (non-hydrogen) atoms. The maximum Gasteiger partial charge on any atom is 0.164 e. The molecule has 2 rings (SSSR count). The Morgan fingerprint density at radius 1 is 1.05 bits per heavy atom. The van der Waals surface area contributed by atoms with Gasteiger partial charge in [0, 0.05) is 13.0 Å². The van der Waals surface area contributed by atoms with Crippen molar-refractivity contribution in [3.63, 3.8) is 0 Å². The molecular formula is C18H32O2. The number of ketones is 1. The fourth-order valence-electron chi connectivity index (χ4n) is 3.95. The van der Waals surface area contributed by atoms with Crippen LogP contribution in [0.25, 0.3) is 0 Å². The van der Waals surface area contributed by atoms with Crippen LogP contribution in [0.15, 0.2) is 0 Å². The second-order valence-corrected chi connectivity index (χ2v) is 7.72. The summed E-state index contributed by atoms with van der Waals surface area (Å²) >= 11 is 0. The van der Waals surface area contributed by atoms with Gasteiger partial charge in [0.2, 0.25) is 0 Å². The minimum atomic E-state index is -0.443. The smallest absolute Gasteiger partial charge is 0.164 e. The zero-order valence-electron chi connectivity index (χ0n) is 13.7. The highest BCUT2D eigenvalue weighted by molar-refractivity contribution is 5.87. The predicted molar refractivity (Wildman–Crippen MR) is 82.8 cm³/mol. The molecule has 0 radical (unpaired) electrons. The Balaban J connectivity index is 1.98. The Morgan fingerprint density at radius 2 is 1.65 bits per heavy atom. The molecule has 0 N–H and O–H groups in total. The molecule has 0 saturated heterocycles. The summed E-state index contributed by atoms with van der Waals surface area (Å²) in [7, 11) is 0. The van der Waals surface area contributed by atoms with Crippen LogP contribution >= 0.6 is 0 Å². The average molecular weight is 280 g/mol. The molecule has 0 aromatic rings. The second kappa shape index (κ2) is 6.60. The molecule has 0 amide bonds. The van der Waals surface area contributed by atoms with E-state index < -0.39 is 5.60 Å². The van der Waals surface area contributed by atoms with Crippen LogP contribution in [0.5, 0.6) is 0 Å². The first kappa shape index (κ1) is 16.0. The fraction of sp³-hybridized carbons (Fsp3) is 0.944. The molecule has 2 heteroatoms. The number of hydrogen-bond acceptors (Lipinski definition) is 2. The van der Waals surface area contributed by atoms with Gasteiger partial charge in [-0.2, -0.15) is 0 Å². The number of rotatable bonds is 5. The maximum atomic E-state index is 12.9. The van der Waals surface area contributed by atoms with Crippen LogP contribution in [-0.4, -0.2) is 18.0 Å². The van der Waals surface area contributed by atoms with Crippen LogP contribution in [0.4, 0.5) is 0 Å². The summed E-state index contributed by atoms with van der Waals surface area (Å²) in [4.78, 5) is 12.9. The van der Waals surface area contributed by atoms with Crippen molar-refractivity contribution in [3.8, 4) is 0 Å². The SMILES string of the molecule is CCOC1(C(=O)CC2CCCCC2)CCC(C)(C)CC1. The quantitative estimate of drug-likeness (QED) is 0.716. The van der Waals surface area contributed by atoms with E-state index in [4.69, 9.17) is 4.74 Å². The van der Waals surface area contributed by atoms with Crippen LogP contribution in [-0.2, 0) is 9.53 Å². The Bertz CT molecular complexity index is 316. The van der Waals surface area contributed by atoms with Crippen LogP contribution in [0.3, 0.4) is 0 Å². The van der Waals surface area contributed by atoms with E-state index in [1.165, 1.54) is 32.1 Å². The number of Topliss-reactive ketones (excluding diaryl/α,β-unsaturated/α-hetero) is 1. The highest BCUT2D eigenvalue weighted by Crippen LogP contribution is 2.43. The van der Waals surface area contributed by atoms with E-state index in [0.717, 1.165) is 32.1 Å². The van der Waals surface area contributed by atoms with Crippen molar-refractivity contribution in [2.75, 3.05) is 6.61 Å². The molecule has 2 fully saturated rings. The Labute approximate surface area is 124 Å². The zero-order chi connectivity index (χ0) is 14.6. The summed E-state index contributed by atoms with van der Waals surface area (Å²) in [5.74, 6) is 1.03. The second-order valence-electron chi connectivity index (χ2n) is 7.72. The van der Waals surface area contributed by atoms with E-state index in [0.29, 0.717) is 23.7 Å². The van der Waals surface area contributed by atoms with Crippen molar-refractivity contribution in [3.05, 3.63) is 0 Å². The van der Waals surface area contributed by atoms with Crippen molar-refractivity contribution in [2.24, 2.45) is 11.3 Å². The van der Waals surface area contributed by atoms with Gasteiger partial charge in [-0.15, -0.1) is 0 Å². The normalized spacial score (nSPS) is 26.4. The minimum absolute atomic E-state index is 0.381. The van der Waals surface area contributed by atoms with E-state index in [2.05, 4.69) is 13.8 Å². The highest BCUT2D eigenvalue weighted by atomic mass is 16.5. The summed E-state index contributed by atoms with van der Waals surface area (Å²) in [6.07, 6.45) is 11.3. The first-order valence-corrected chi connectivity index (χ1v) is 8.65. The molecule has 0 aromatic carbocycles. The average Bonchev–Trinajstić information content (AvgIpc) is 2.43. The molecule has 2 aliphatic rings. The summed E-state index contributed by atoms with van der Waals surface area (Å²) in [6, 6.07) is 0. The molecule has 0 bridgehead atoms. The molecule has 2 saturated carbocycles. The molecule has 2 aliphatic carbocycles. The topological polar surface area (TPSA) is 26.3 Å². The summed E-state index contributed by atoms with van der Waals surface area (Å²) < 4.78 is 6.02. The maximum absolute atomic E-state index is 12.9. The third-order valence-corrected chi connectivity index (χ3v) is 5.54. The van der Waals surface area contributed by atoms with E-state index in [1.807, 2.05) is 6.92 Å². The molecule has 0 unspecified atom stereocenters. The molecule has 0 spiro atoms. The first-order valence-electron chi connectivity index (χ1n) is 8.65. The van der Waals surface area contributed by atoms with E-state index >= 15 is 0 Å². The van der Waals surface area contributed by atoms with Gasteiger partial charge in [0.25, 0.3) is 0 Å². The number of carbonyl (C=O) groups is 1. The summed E-state index contributed by atoms with van der Waals surface area (Å²) in [6.45, 7) is 7.31. The number of ether oxygens (including phenoxy) is 1. The van der Waals surface area contributed by atoms with Gasteiger partial charge >= 0.3 is 0 Å². The molecule has 116 valence electrons. The van der Waals surface area contributed by atoms with Gasteiger partial charge in [-0.3, -0.25) is 4.79 Å². The van der Waals surface area contributed by atoms with Crippen molar-refractivity contribution in [2.45, 2.75) is 90.6 Å². The standard InChI is InChI=1S/C18H32O2/c1-4-20-18(12-10-17(2,3)11-13-18)16(19)14-15-8-6-5-7-9-15/h15H,4-14H2,1-3H3. The van der Waals surface area contributed by atoms with Gasteiger partial charge in [-0.1, -0.05) is 46.0 Å². The van der Waals surface area contributed by atoms with Crippen molar-refractivity contribution >= 4 is 5.78 Å². The summed E-state index contributed by atoms with van der Waals surface area (Å²) in [5, 5.41) is 0. The zero-order valence-corrected chi connectivity index (χ0v) is 13.7. The fourth-order valence-corrected chi connectivity index (χ4v) is 3.95. The predicted octanol–water partition coefficient (Wildman–Crippen LogP) is 4.90. The Morgan fingerprint density at radius 3 is 2.20 bits per heavy atom. The molecule has 0 aromatic heterocycles. The molecule has 0 heterocycles. The first-order chi connectivity index (χ1) is 9.47.